The molecule has 5 atom stereocenters. The van der Waals surface area contributed by atoms with Crippen LogP contribution in [0.5, 0.6) is 0 Å². The van der Waals surface area contributed by atoms with E-state index in [1.807, 2.05) is 24.3 Å². The van der Waals surface area contributed by atoms with Gasteiger partial charge in [-0.2, -0.15) is 22.0 Å². The molecule has 12 heteroatoms. The van der Waals surface area contributed by atoms with E-state index in [-0.39, 0.29) is 29.4 Å². The minimum absolute atomic E-state index is 0.0245. The number of nitrogens with two attached hydrogens (primary N) is 1. The SMILES string of the molecule is CC12C[C@H](c3ccc(CNc4cccc(S(N)(=O)=O)c4)cc3)C3=C4CCC(=O)C=C4CCC3C1CC[C@@]2(O)C(F)(F)C(F)(F)F. The molecule has 0 heterocycles. The molecule has 0 aliphatic heterocycles. The Bertz CT molecular complexity index is 1700. The Labute approximate surface area is 258 Å². The number of hydrogen-bond donors (Lipinski definition) is 3. The maximum atomic E-state index is 15.2. The Morgan fingerprint density at radius 3 is 2.40 bits per heavy atom. The van der Waals surface area contributed by atoms with Crippen molar-refractivity contribution in [3.8, 4) is 0 Å². The third-order valence-corrected chi connectivity index (χ3v) is 11.7. The highest BCUT2D eigenvalue weighted by Crippen LogP contribution is 2.70. The number of alkyl halides is 5. The fourth-order valence-electron chi connectivity index (χ4n) is 8.57. The maximum absolute atomic E-state index is 15.2. The molecule has 0 aromatic heterocycles. The van der Waals surface area contributed by atoms with Crippen LogP contribution in [-0.4, -0.2) is 37.0 Å². The summed E-state index contributed by atoms with van der Waals surface area (Å²) in [5.74, 6) is -6.64. The second-order valence-corrected chi connectivity index (χ2v) is 14.7. The van der Waals surface area contributed by atoms with E-state index in [1.165, 1.54) is 19.1 Å². The van der Waals surface area contributed by atoms with Crippen LogP contribution in [0, 0.1) is 17.3 Å². The highest BCUT2D eigenvalue weighted by Gasteiger charge is 2.79. The maximum Gasteiger partial charge on any atom is 0.456 e. The lowest BCUT2D eigenvalue weighted by Crippen LogP contribution is -2.65. The first-order chi connectivity index (χ1) is 21.0. The summed E-state index contributed by atoms with van der Waals surface area (Å²) in [6.07, 6.45) is -3.06. The van der Waals surface area contributed by atoms with Crippen molar-refractivity contribution in [3.63, 3.8) is 0 Å². The molecule has 4 N–H and O–H groups in total. The molecular weight excluding hydrogens is 615 g/mol. The minimum Gasteiger partial charge on any atom is -0.383 e. The van der Waals surface area contributed by atoms with E-state index in [2.05, 4.69) is 5.32 Å². The van der Waals surface area contributed by atoms with Gasteiger partial charge in [0.2, 0.25) is 10.0 Å². The zero-order valence-electron chi connectivity index (χ0n) is 24.6. The lowest BCUT2D eigenvalue weighted by molar-refractivity contribution is -0.362. The molecule has 0 amide bonds. The molecule has 0 saturated heterocycles. The number of rotatable bonds is 6. The lowest BCUT2D eigenvalue weighted by atomic mass is 9.50. The van der Waals surface area contributed by atoms with Crippen LogP contribution < -0.4 is 10.5 Å². The van der Waals surface area contributed by atoms with E-state index in [4.69, 9.17) is 5.14 Å². The van der Waals surface area contributed by atoms with Gasteiger partial charge in [0, 0.05) is 30.0 Å². The predicted octanol–water partition coefficient (Wildman–Crippen LogP) is 6.77. The Morgan fingerprint density at radius 1 is 1.02 bits per heavy atom. The summed E-state index contributed by atoms with van der Waals surface area (Å²) < 4.78 is 95.1. The van der Waals surface area contributed by atoms with Crippen LogP contribution in [0.3, 0.4) is 0 Å². The summed E-state index contributed by atoms with van der Waals surface area (Å²) in [5.41, 5.74) is 0.0573. The van der Waals surface area contributed by atoms with Gasteiger partial charge in [0.05, 0.1) is 4.90 Å². The molecule has 242 valence electrons. The average molecular weight is 651 g/mol. The van der Waals surface area contributed by atoms with Crippen LogP contribution in [0.4, 0.5) is 27.6 Å². The summed E-state index contributed by atoms with van der Waals surface area (Å²) in [6, 6.07) is 13.4. The quantitative estimate of drug-likeness (QED) is 0.299. The number of carbonyl (C=O) groups is 1. The molecule has 2 aromatic carbocycles. The second-order valence-electron chi connectivity index (χ2n) is 13.1. The molecule has 45 heavy (non-hydrogen) atoms. The summed E-state index contributed by atoms with van der Waals surface area (Å²) in [4.78, 5) is 12.2. The van der Waals surface area contributed by atoms with Crippen LogP contribution >= 0.6 is 0 Å². The molecule has 0 bridgehead atoms. The van der Waals surface area contributed by atoms with E-state index in [0.29, 0.717) is 37.9 Å². The first-order valence-electron chi connectivity index (χ1n) is 15.1. The van der Waals surface area contributed by atoms with Gasteiger partial charge in [-0.3, -0.25) is 4.79 Å². The number of anilines is 1. The van der Waals surface area contributed by atoms with Gasteiger partial charge in [-0.1, -0.05) is 42.8 Å². The van der Waals surface area contributed by atoms with Crippen molar-refractivity contribution in [3.05, 3.63) is 82.5 Å². The number of fused-ring (bicyclic) bond motifs is 4. The highest BCUT2D eigenvalue weighted by atomic mass is 32.2. The predicted molar refractivity (Wildman–Crippen MR) is 158 cm³/mol. The normalized spacial score (nSPS) is 30.4. The number of benzene rings is 2. The molecule has 2 aromatic rings. The number of allylic oxidation sites excluding steroid dienone is 4. The molecule has 6 rings (SSSR count). The number of carbonyl (C=O) groups excluding carboxylic acids is 1. The van der Waals surface area contributed by atoms with E-state index in [1.54, 1.807) is 18.2 Å². The van der Waals surface area contributed by atoms with Crippen molar-refractivity contribution in [2.45, 2.75) is 86.9 Å². The van der Waals surface area contributed by atoms with Gasteiger partial charge in [0.15, 0.2) is 5.78 Å². The van der Waals surface area contributed by atoms with Crippen molar-refractivity contribution in [1.82, 2.24) is 0 Å². The monoisotopic (exact) mass is 650 g/mol. The number of hydrogen-bond acceptors (Lipinski definition) is 5. The highest BCUT2D eigenvalue weighted by molar-refractivity contribution is 7.89. The zero-order chi connectivity index (χ0) is 32.6. The van der Waals surface area contributed by atoms with E-state index in [0.717, 1.165) is 27.8 Å². The third-order valence-electron chi connectivity index (χ3n) is 10.8. The summed E-state index contributed by atoms with van der Waals surface area (Å²) >= 11 is 0. The fraction of sp³-hybridized carbons (Fsp3) is 0.485. The number of aliphatic hydroxyl groups is 1. The standard InChI is InChI=1S/C33H35F5N2O4S/c1-30-17-27(20-7-5-19(6-8-20)18-40-22-3-2-4-24(16-22)45(39,43)44)29-25-12-10-23(41)15-21(25)9-11-26(29)28(30)13-14-31(30,42)32(34,35)33(36,37)38/h2-8,15-16,26-28,40,42H,9-14,17-18H2,1H3,(H2,39,43,44)/t26?,27-,28?,30?,31+/m1/s1. The van der Waals surface area contributed by atoms with Crippen molar-refractivity contribution >= 4 is 21.5 Å². The van der Waals surface area contributed by atoms with Crippen molar-refractivity contribution < 1.29 is 40.3 Å². The van der Waals surface area contributed by atoms with Gasteiger partial charge in [0.1, 0.15) is 5.60 Å². The topological polar surface area (TPSA) is 109 Å². The first kappa shape index (κ1) is 31.9. The molecule has 2 saturated carbocycles. The average Bonchev–Trinajstić information content (AvgIpc) is 3.26. The van der Waals surface area contributed by atoms with Gasteiger partial charge >= 0.3 is 12.1 Å². The van der Waals surface area contributed by atoms with E-state index >= 15 is 8.78 Å². The molecule has 3 unspecified atom stereocenters. The van der Waals surface area contributed by atoms with Gasteiger partial charge < -0.3 is 10.4 Å². The van der Waals surface area contributed by atoms with Crippen LogP contribution in [-0.2, 0) is 21.4 Å². The number of nitrogens with one attached hydrogen (secondary N) is 1. The van der Waals surface area contributed by atoms with Crippen LogP contribution in [0.2, 0.25) is 0 Å². The molecule has 4 aliphatic carbocycles. The summed E-state index contributed by atoms with van der Waals surface area (Å²) in [7, 11) is -3.88. The minimum atomic E-state index is -5.90. The largest absolute Gasteiger partial charge is 0.456 e. The van der Waals surface area contributed by atoms with Gasteiger partial charge in [-0.25, -0.2) is 13.6 Å². The second kappa shape index (κ2) is 10.7. The van der Waals surface area contributed by atoms with Crippen molar-refractivity contribution in [2.75, 3.05) is 5.32 Å². The third kappa shape index (κ3) is 5.13. The smallest absolute Gasteiger partial charge is 0.383 e. The zero-order valence-corrected chi connectivity index (χ0v) is 25.4. The molecule has 6 nitrogen and oxygen atoms in total. The molecule has 0 spiro atoms. The lowest BCUT2D eigenvalue weighted by Gasteiger charge is -2.56. The molecule has 0 radical (unpaired) electrons. The number of sulfonamides is 1. The number of halogens is 5. The van der Waals surface area contributed by atoms with Crippen molar-refractivity contribution in [1.29, 1.82) is 0 Å². The van der Waals surface area contributed by atoms with Gasteiger partial charge in [-0.15, -0.1) is 0 Å². The Morgan fingerprint density at radius 2 is 1.73 bits per heavy atom. The first-order valence-corrected chi connectivity index (χ1v) is 16.6. The Balaban J connectivity index is 1.36. The Kier molecular flexibility index (Phi) is 7.60. The van der Waals surface area contributed by atoms with Crippen LogP contribution in [0.15, 0.2) is 76.2 Å². The van der Waals surface area contributed by atoms with Crippen LogP contribution in [0.25, 0.3) is 0 Å². The number of ketones is 1. The Hall–Kier alpha value is -3.09. The molecular formula is C33H35F5N2O4S. The van der Waals surface area contributed by atoms with E-state index in [9.17, 15) is 31.5 Å². The van der Waals surface area contributed by atoms with Crippen molar-refractivity contribution in [2.24, 2.45) is 22.4 Å². The molecule has 4 aliphatic rings. The number of primary sulfonamides is 1. The fourth-order valence-corrected chi connectivity index (χ4v) is 9.13. The van der Waals surface area contributed by atoms with Gasteiger partial charge in [0.25, 0.3) is 0 Å². The summed E-state index contributed by atoms with van der Waals surface area (Å²) in [5, 5.41) is 19.8. The van der Waals surface area contributed by atoms with Gasteiger partial charge in [-0.05, 0) is 96.9 Å². The van der Waals surface area contributed by atoms with Crippen LogP contribution in [0.1, 0.15) is 68.9 Å². The van der Waals surface area contributed by atoms with E-state index < -0.39 is 51.4 Å². The molecule has 2 fully saturated rings. The summed E-state index contributed by atoms with van der Waals surface area (Å²) in [6.45, 7) is 1.73.